The molecule has 2 atom stereocenters. The molecular formula is C26H31FN4O6S. The number of benzene rings is 2. The van der Waals surface area contributed by atoms with Gasteiger partial charge < -0.3 is 15.0 Å². The maximum absolute atomic E-state index is 13.9. The Morgan fingerprint density at radius 3 is 2.76 bits per heavy atom. The van der Waals surface area contributed by atoms with E-state index in [9.17, 15) is 27.2 Å². The first-order chi connectivity index (χ1) is 18.0. The van der Waals surface area contributed by atoms with Crippen LogP contribution in [0.1, 0.15) is 29.2 Å². The molecule has 2 heterocycles. The molecule has 0 aromatic heterocycles. The fraction of sp³-hybridized carbons (Fsp3) is 0.423. The SMILES string of the molecule is CN(C(=O)Cc1ccc2c(c1)NC(=O)C2)[C@H](CN1CC[C@H](F)C1)c1cccc(OCC(=O)NS(C)(=O)=O)c1. The Labute approximate surface area is 221 Å². The van der Waals surface area contributed by atoms with Crippen LogP contribution in [0.25, 0.3) is 0 Å². The van der Waals surface area contributed by atoms with Crippen molar-refractivity contribution in [1.29, 1.82) is 0 Å². The van der Waals surface area contributed by atoms with Crippen LogP contribution in [-0.2, 0) is 37.2 Å². The average Bonchev–Trinajstić information content (AvgIpc) is 3.43. The summed E-state index contributed by atoms with van der Waals surface area (Å²) in [4.78, 5) is 40.5. The highest BCUT2D eigenvalue weighted by Crippen LogP contribution is 2.28. The van der Waals surface area contributed by atoms with E-state index >= 15 is 0 Å². The largest absolute Gasteiger partial charge is 0.484 e. The number of hydrogen-bond acceptors (Lipinski definition) is 7. The Hall–Kier alpha value is -3.51. The molecule has 2 aliphatic rings. The fourth-order valence-electron chi connectivity index (χ4n) is 4.69. The second-order valence-electron chi connectivity index (χ2n) is 9.72. The number of hydrogen-bond donors (Lipinski definition) is 2. The van der Waals surface area contributed by atoms with Gasteiger partial charge in [-0.1, -0.05) is 24.3 Å². The Balaban J connectivity index is 1.50. The van der Waals surface area contributed by atoms with Crippen LogP contribution in [-0.4, -0.2) is 81.7 Å². The number of fused-ring (bicyclic) bond motifs is 1. The molecule has 1 fully saturated rings. The molecule has 0 radical (unpaired) electrons. The van der Waals surface area contributed by atoms with Gasteiger partial charge in [-0.3, -0.25) is 24.0 Å². The molecule has 4 rings (SSSR count). The molecule has 0 spiro atoms. The summed E-state index contributed by atoms with van der Waals surface area (Å²) in [5, 5.41) is 2.80. The number of likely N-dealkylation sites (tertiary alicyclic amines) is 1. The summed E-state index contributed by atoms with van der Waals surface area (Å²) in [7, 11) is -2.01. The topological polar surface area (TPSA) is 125 Å². The molecule has 1 saturated heterocycles. The van der Waals surface area contributed by atoms with Gasteiger partial charge in [0.25, 0.3) is 5.91 Å². The molecule has 2 aliphatic heterocycles. The zero-order valence-electron chi connectivity index (χ0n) is 21.3. The average molecular weight is 547 g/mol. The minimum absolute atomic E-state index is 0.0756. The summed E-state index contributed by atoms with van der Waals surface area (Å²) in [6, 6.07) is 11.9. The van der Waals surface area contributed by atoms with Crippen LogP contribution >= 0.6 is 0 Å². The van der Waals surface area contributed by atoms with Crippen molar-refractivity contribution in [3.05, 3.63) is 59.2 Å². The van der Waals surface area contributed by atoms with Crippen LogP contribution in [0.2, 0.25) is 0 Å². The first kappa shape index (κ1) is 27.5. The first-order valence-corrected chi connectivity index (χ1v) is 14.1. The van der Waals surface area contributed by atoms with Gasteiger partial charge >= 0.3 is 0 Å². The number of amides is 3. The maximum Gasteiger partial charge on any atom is 0.271 e. The van der Waals surface area contributed by atoms with E-state index < -0.39 is 34.8 Å². The molecule has 2 aromatic rings. The zero-order valence-corrected chi connectivity index (χ0v) is 22.1. The second-order valence-corrected chi connectivity index (χ2v) is 11.5. The third-order valence-corrected chi connectivity index (χ3v) is 7.17. The van der Waals surface area contributed by atoms with Crippen molar-refractivity contribution in [2.24, 2.45) is 0 Å². The molecule has 2 N–H and O–H groups in total. The fourth-order valence-corrected chi connectivity index (χ4v) is 5.16. The van der Waals surface area contributed by atoms with Crippen LogP contribution < -0.4 is 14.8 Å². The van der Waals surface area contributed by atoms with Crippen molar-refractivity contribution < 1.29 is 31.9 Å². The third-order valence-electron chi connectivity index (χ3n) is 6.57. The van der Waals surface area contributed by atoms with E-state index in [0.29, 0.717) is 31.7 Å². The summed E-state index contributed by atoms with van der Waals surface area (Å²) in [6.07, 6.45) is 0.835. The minimum Gasteiger partial charge on any atom is -0.484 e. The summed E-state index contributed by atoms with van der Waals surface area (Å²) in [5.41, 5.74) is 3.11. The molecule has 204 valence electrons. The standard InChI is InChI=1S/C26H31FN4O6S/c1-30(26(34)11-17-6-7-18-13-24(32)28-22(18)10-17)23(15-31-9-8-20(27)14-31)19-4-3-5-21(12-19)37-16-25(33)29-38(2,35)36/h3-7,10,12,20,23H,8-9,11,13-16H2,1-2H3,(H,28,32)(H,29,33)/t20-,23+/m0/s1. The summed E-state index contributed by atoms with van der Waals surface area (Å²) in [6.45, 7) is 0.762. The number of rotatable bonds is 10. The third kappa shape index (κ3) is 7.29. The molecule has 0 unspecified atom stereocenters. The zero-order chi connectivity index (χ0) is 27.4. The molecule has 3 amide bonds. The van der Waals surface area contributed by atoms with Gasteiger partial charge in [0.2, 0.25) is 21.8 Å². The lowest BCUT2D eigenvalue weighted by atomic mass is 10.0. The van der Waals surface area contributed by atoms with Gasteiger partial charge in [-0.25, -0.2) is 12.8 Å². The Morgan fingerprint density at radius 2 is 2.05 bits per heavy atom. The smallest absolute Gasteiger partial charge is 0.271 e. The number of nitrogens with one attached hydrogen (secondary N) is 2. The lowest BCUT2D eigenvalue weighted by Crippen LogP contribution is -2.39. The summed E-state index contributed by atoms with van der Waals surface area (Å²) >= 11 is 0. The Kier molecular flexibility index (Phi) is 8.32. The molecule has 38 heavy (non-hydrogen) atoms. The van der Waals surface area contributed by atoms with Crippen LogP contribution in [0.15, 0.2) is 42.5 Å². The summed E-state index contributed by atoms with van der Waals surface area (Å²) in [5.74, 6) is -0.711. The number of alkyl halides is 1. The van der Waals surface area contributed by atoms with Gasteiger partial charge in [0.1, 0.15) is 11.9 Å². The summed E-state index contributed by atoms with van der Waals surface area (Å²) < 4.78 is 43.7. The lowest BCUT2D eigenvalue weighted by molar-refractivity contribution is -0.131. The molecule has 0 bridgehead atoms. The van der Waals surface area contributed by atoms with Crippen molar-refractivity contribution in [2.45, 2.75) is 31.5 Å². The van der Waals surface area contributed by atoms with E-state index in [-0.39, 0.29) is 24.8 Å². The van der Waals surface area contributed by atoms with Crippen LogP contribution in [0, 0.1) is 0 Å². The van der Waals surface area contributed by atoms with E-state index in [1.165, 1.54) is 0 Å². The number of likely N-dealkylation sites (N-methyl/N-ethyl adjacent to an activating group) is 1. The number of anilines is 1. The Morgan fingerprint density at radius 1 is 1.26 bits per heavy atom. The highest BCUT2D eigenvalue weighted by Gasteiger charge is 2.29. The highest BCUT2D eigenvalue weighted by molar-refractivity contribution is 7.89. The molecule has 0 aliphatic carbocycles. The van der Waals surface area contributed by atoms with Crippen molar-refractivity contribution >= 4 is 33.4 Å². The van der Waals surface area contributed by atoms with Crippen molar-refractivity contribution in [3.63, 3.8) is 0 Å². The number of halogens is 1. The van der Waals surface area contributed by atoms with Crippen LogP contribution in [0.3, 0.4) is 0 Å². The van der Waals surface area contributed by atoms with Crippen molar-refractivity contribution in [2.75, 3.05) is 44.9 Å². The van der Waals surface area contributed by atoms with E-state index in [2.05, 4.69) is 5.32 Å². The van der Waals surface area contributed by atoms with E-state index in [1.807, 2.05) is 33.9 Å². The number of carbonyl (C=O) groups excluding carboxylic acids is 3. The van der Waals surface area contributed by atoms with Gasteiger partial charge in [0.05, 0.1) is 25.1 Å². The van der Waals surface area contributed by atoms with Gasteiger partial charge in [-0.15, -0.1) is 0 Å². The second kappa shape index (κ2) is 11.5. The van der Waals surface area contributed by atoms with Gasteiger partial charge in [-0.2, -0.15) is 0 Å². The Bertz CT molecular complexity index is 1330. The van der Waals surface area contributed by atoms with Crippen LogP contribution in [0.4, 0.5) is 10.1 Å². The number of ether oxygens (including phenoxy) is 1. The maximum atomic E-state index is 13.9. The molecule has 12 heteroatoms. The van der Waals surface area contributed by atoms with E-state index in [4.69, 9.17) is 4.74 Å². The van der Waals surface area contributed by atoms with Crippen LogP contribution in [0.5, 0.6) is 5.75 Å². The van der Waals surface area contributed by atoms with Crippen molar-refractivity contribution in [1.82, 2.24) is 14.5 Å². The number of carbonyl (C=O) groups is 3. The van der Waals surface area contributed by atoms with Gasteiger partial charge in [0, 0.05) is 32.4 Å². The predicted octanol–water partition coefficient (Wildman–Crippen LogP) is 1.42. The van der Waals surface area contributed by atoms with Crippen molar-refractivity contribution in [3.8, 4) is 5.75 Å². The van der Waals surface area contributed by atoms with E-state index in [1.54, 1.807) is 30.1 Å². The van der Waals surface area contributed by atoms with Gasteiger partial charge in [-0.05, 0) is 41.3 Å². The highest BCUT2D eigenvalue weighted by atomic mass is 32.2. The molecule has 10 nitrogen and oxygen atoms in total. The molecular weight excluding hydrogens is 515 g/mol. The monoisotopic (exact) mass is 546 g/mol. The lowest BCUT2D eigenvalue weighted by Gasteiger charge is -2.32. The first-order valence-electron chi connectivity index (χ1n) is 12.2. The predicted molar refractivity (Wildman–Crippen MR) is 139 cm³/mol. The van der Waals surface area contributed by atoms with E-state index in [0.717, 1.165) is 28.6 Å². The normalized spacial score (nSPS) is 18.0. The number of sulfonamides is 1. The quantitative estimate of drug-likeness (QED) is 0.462. The molecule has 2 aromatic carbocycles. The minimum atomic E-state index is -3.70. The van der Waals surface area contributed by atoms with Gasteiger partial charge in [0.15, 0.2) is 6.61 Å². The number of nitrogens with zero attached hydrogens (tertiary/aromatic N) is 2. The molecule has 0 saturated carbocycles.